The molecule has 0 N–H and O–H groups in total. The number of benzene rings is 2. The third-order valence-corrected chi connectivity index (χ3v) is 7.57. The molecule has 2 aromatic rings. The largest absolute Gasteiger partial charge is 0.294 e. The molecule has 0 aromatic heterocycles. The molecule has 2 aromatic carbocycles. The maximum absolute atomic E-state index is 13.4. The number of rotatable bonds is 10. The second-order valence-corrected chi connectivity index (χ2v) is 11.0. The topological polar surface area (TPSA) is 119 Å². The smallest absolute Gasteiger partial charge is 0.256 e. The number of carbonyl (C=O) groups excluding carboxylic acids is 1. The summed E-state index contributed by atoms with van der Waals surface area (Å²) in [5.41, 5.74) is 11.7. The number of hydrogen-bond donors (Lipinski definition) is 0. The molecule has 0 saturated heterocycles. The zero-order chi connectivity index (χ0) is 28.4. The van der Waals surface area contributed by atoms with Crippen LogP contribution in [0.4, 0.5) is 0 Å². The van der Waals surface area contributed by atoms with E-state index in [-0.39, 0.29) is 5.91 Å². The molecule has 40 heavy (non-hydrogen) atoms. The van der Waals surface area contributed by atoms with Crippen molar-refractivity contribution in [2.75, 3.05) is 13.2 Å². The highest BCUT2D eigenvalue weighted by Gasteiger charge is 2.49. The zero-order valence-electron chi connectivity index (χ0n) is 24.0. The van der Waals surface area contributed by atoms with Crippen LogP contribution in [0.1, 0.15) is 83.3 Å². The second-order valence-electron chi connectivity index (χ2n) is 11.0. The minimum absolute atomic E-state index is 0.208. The van der Waals surface area contributed by atoms with Gasteiger partial charge >= 0.3 is 0 Å². The van der Waals surface area contributed by atoms with Crippen LogP contribution in [-0.4, -0.2) is 41.2 Å². The predicted octanol–water partition coefficient (Wildman–Crippen LogP) is 8.11. The SMILES string of the molecule is CC(C)CCN=[N+]=[N-].CCCCC1=NC2(CCCC2)C(=O)N1Cc1ccc(-c2ccccc2C2=NCN=N2)cc1. The fraction of sp³-hybridized carbons (Fsp3) is 0.516. The molecule has 2 aliphatic heterocycles. The zero-order valence-corrected chi connectivity index (χ0v) is 24.0. The summed E-state index contributed by atoms with van der Waals surface area (Å²) in [5, 5.41) is 11.5. The monoisotopic (exact) mass is 540 g/mol. The normalized spacial score (nSPS) is 17.1. The fourth-order valence-corrected chi connectivity index (χ4v) is 5.33. The van der Waals surface area contributed by atoms with Gasteiger partial charge in [-0.15, -0.1) is 5.11 Å². The Morgan fingerprint density at radius 3 is 2.42 bits per heavy atom. The van der Waals surface area contributed by atoms with Gasteiger partial charge < -0.3 is 0 Å². The van der Waals surface area contributed by atoms with Crippen LogP contribution in [0.15, 0.2) is 73.9 Å². The number of hydrogen-bond acceptors (Lipinski definition) is 6. The number of azo groups is 1. The van der Waals surface area contributed by atoms with Crippen molar-refractivity contribution in [3.05, 3.63) is 70.1 Å². The van der Waals surface area contributed by atoms with E-state index in [9.17, 15) is 4.79 Å². The molecule has 0 unspecified atom stereocenters. The van der Waals surface area contributed by atoms with Crippen LogP contribution in [0.3, 0.4) is 0 Å². The van der Waals surface area contributed by atoms with E-state index < -0.39 is 5.54 Å². The van der Waals surface area contributed by atoms with Crippen LogP contribution in [0.2, 0.25) is 0 Å². The van der Waals surface area contributed by atoms with Crippen LogP contribution in [0, 0.1) is 5.92 Å². The predicted molar refractivity (Wildman–Crippen MR) is 160 cm³/mol. The lowest BCUT2D eigenvalue weighted by Crippen LogP contribution is -2.40. The maximum Gasteiger partial charge on any atom is 0.256 e. The van der Waals surface area contributed by atoms with E-state index in [2.05, 4.69) is 76.3 Å². The first kappa shape index (κ1) is 29.2. The minimum Gasteiger partial charge on any atom is -0.294 e. The Hall–Kier alpha value is -3.84. The number of azide groups is 1. The van der Waals surface area contributed by atoms with Crippen molar-refractivity contribution in [3.8, 4) is 11.1 Å². The van der Waals surface area contributed by atoms with E-state index in [4.69, 9.17) is 10.5 Å². The van der Waals surface area contributed by atoms with Gasteiger partial charge in [0, 0.05) is 23.4 Å². The van der Waals surface area contributed by atoms with E-state index in [1.807, 2.05) is 23.1 Å². The number of nitrogens with zero attached hydrogens (tertiary/aromatic N) is 8. The van der Waals surface area contributed by atoms with Gasteiger partial charge in [-0.3, -0.25) is 14.7 Å². The molecule has 9 heteroatoms. The standard InChI is InChI=1S/C26H29N5O.C5H11N3/c1-2-3-10-23-29-26(15-6-7-16-26)25(32)31(23)17-19-11-13-20(14-12-19)21-8-4-5-9-22(21)24-27-18-28-30-24;1-5(2)3-4-7-8-6/h4-5,8-9,11-14H,2-3,6-7,10,15-18H2,1H3;5H,3-4H2,1-2H3. The van der Waals surface area contributed by atoms with E-state index in [0.717, 1.165) is 79.5 Å². The molecule has 1 aliphatic carbocycles. The van der Waals surface area contributed by atoms with Gasteiger partial charge in [0.05, 0.1) is 6.54 Å². The summed E-state index contributed by atoms with van der Waals surface area (Å²) in [6.45, 7) is 8.01. The van der Waals surface area contributed by atoms with E-state index >= 15 is 0 Å². The lowest BCUT2D eigenvalue weighted by atomic mass is 9.97. The molecule has 0 bridgehead atoms. The first-order valence-electron chi connectivity index (χ1n) is 14.5. The molecule has 1 spiro atoms. The van der Waals surface area contributed by atoms with Gasteiger partial charge in [0.15, 0.2) is 12.5 Å². The number of carbonyl (C=O) groups is 1. The molecule has 9 nitrogen and oxygen atoms in total. The molecule has 0 atom stereocenters. The third-order valence-electron chi connectivity index (χ3n) is 7.57. The van der Waals surface area contributed by atoms with Crippen molar-refractivity contribution >= 4 is 17.6 Å². The van der Waals surface area contributed by atoms with Crippen LogP contribution in [0.5, 0.6) is 0 Å². The quantitative estimate of drug-likeness (QED) is 0.169. The Balaban J connectivity index is 0.000000406. The summed E-state index contributed by atoms with van der Waals surface area (Å²) in [6.07, 6.45) is 8.04. The van der Waals surface area contributed by atoms with Gasteiger partial charge in [-0.05, 0) is 53.8 Å². The molecule has 3 aliphatic rings. The van der Waals surface area contributed by atoms with E-state index in [1.54, 1.807) is 0 Å². The Morgan fingerprint density at radius 1 is 1.07 bits per heavy atom. The Bertz CT molecular complexity index is 1300. The number of amidine groups is 2. The van der Waals surface area contributed by atoms with Crippen molar-refractivity contribution in [2.24, 2.45) is 31.2 Å². The van der Waals surface area contributed by atoms with Gasteiger partial charge in [0.2, 0.25) is 0 Å². The van der Waals surface area contributed by atoms with Gasteiger partial charge in [-0.1, -0.05) is 93.7 Å². The number of unbranched alkanes of at least 4 members (excludes halogenated alkanes) is 1. The van der Waals surface area contributed by atoms with Crippen molar-refractivity contribution in [1.29, 1.82) is 0 Å². The van der Waals surface area contributed by atoms with E-state index in [1.165, 1.54) is 0 Å². The minimum atomic E-state index is -0.474. The average molecular weight is 541 g/mol. The second kappa shape index (κ2) is 14.0. The molecular formula is C31H40N8O. The van der Waals surface area contributed by atoms with Crippen molar-refractivity contribution in [2.45, 2.75) is 84.2 Å². The van der Waals surface area contributed by atoms with Crippen LogP contribution >= 0.6 is 0 Å². The molecule has 210 valence electrons. The Kier molecular flexibility index (Phi) is 10.2. The van der Waals surface area contributed by atoms with Gasteiger partial charge in [-0.2, -0.15) is 5.11 Å². The van der Waals surface area contributed by atoms with Gasteiger partial charge in [0.1, 0.15) is 11.4 Å². The molecular weight excluding hydrogens is 500 g/mol. The van der Waals surface area contributed by atoms with Crippen molar-refractivity contribution < 1.29 is 4.79 Å². The molecule has 1 amide bonds. The summed E-state index contributed by atoms with van der Waals surface area (Å²) >= 11 is 0. The lowest BCUT2D eigenvalue weighted by molar-refractivity contribution is -0.131. The Morgan fingerprint density at radius 2 is 1.80 bits per heavy atom. The molecule has 0 radical (unpaired) electrons. The van der Waals surface area contributed by atoms with Gasteiger partial charge in [-0.25, -0.2) is 4.99 Å². The average Bonchev–Trinajstić information content (AvgIpc) is 3.72. The molecule has 1 saturated carbocycles. The summed E-state index contributed by atoms with van der Waals surface area (Å²) in [6, 6.07) is 16.6. The fourth-order valence-electron chi connectivity index (χ4n) is 5.33. The van der Waals surface area contributed by atoms with E-state index in [0.29, 0.717) is 31.5 Å². The van der Waals surface area contributed by atoms with Crippen molar-refractivity contribution in [1.82, 2.24) is 4.90 Å². The number of aliphatic imine (C=N–C) groups is 2. The first-order chi connectivity index (χ1) is 19.5. The van der Waals surface area contributed by atoms with Crippen LogP contribution < -0.4 is 0 Å². The third kappa shape index (κ3) is 7.02. The summed E-state index contributed by atoms with van der Waals surface area (Å²) in [7, 11) is 0. The van der Waals surface area contributed by atoms with Crippen LogP contribution in [-0.2, 0) is 11.3 Å². The van der Waals surface area contributed by atoms with Crippen molar-refractivity contribution in [3.63, 3.8) is 0 Å². The first-order valence-corrected chi connectivity index (χ1v) is 14.5. The maximum atomic E-state index is 13.4. The van der Waals surface area contributed by atoms with Gasteiger partial charge in [0.25, 0.3) is 5.91 Å². The highest BCUT2D eigenvalue weighted by Crippen LogP contribution is 2.40. The highest BCUT2D eigenvalue weighted by atomic mass is 16.2. The van der Waals surface area contributed by atoms with Crippen LogP contribution in [0.25, 0.3) is 21.6 Å². The molecule has 5 rings (SSSR count). The highest BCUT2D eigenvalue weighted by molar-refractivity contribution is 6.08. The Labute approximate surface area is 237 Å². The lowest BCUT2D eigenvalue weighted by Gasteiger charge is -2.23. The molecule has 2 heterocycles. The summed E-state index contributed by atoms with van der Waals surface area (Å²) in [4.78, 5) is 27.3. The summed E-state index contributed by atoms with van der Waals surface area (Å²) < 4.78 is 0. The number of amides is 1. The molecule has 1 fully saturated rings. The summed E-state index contributed by atoms with van der Waals surface area (Å²) in [5.74, 6) is 2.52.